The number of hydrogen-bond donors (Lipinski definition) is 1. The number of pyridine rings is 2. The number of benzene rings is 1. The standard InChI is InChI=1S/C22H21N5/c1-3-18-16(2)22(26-25-18)19-12-9-14-21(24-19)27(17-10-5-4-6-11-17)20-13-7-8-15-23-20/h4-15H,3H2,1-2H3,(H,25,26). The van der Waals surface area contributed by atoms with Crippen molar-refractivity contribution in [3.05, 3.63) is 84.2 Å². The first-order valence-electron chi connectivity index (χ1n) is 9.05. The van der Waals surface area contributed by atoms with Gasteiger partial charge in [-0.2, -0.15) is 5.10 Å². The number of aromatic amines is 1. The minimum atomic E-state index is 0.804. The molecule has 0 amide bonds. The van der Waals surface area contributed by atoms with Gasteiger partial charge in [-0.25, -0.2) is 9.97 Å². The number of hydrogen-bond acceptors (Lipinski definition) is 4. The predicted molar refractivity (Wildman–Crippen MR) is 108 cm³/mol. The molecular weight excluding hydrogens is 334 g/mol. The summed E-state index contributed by atoms with van der Waals surface area (Å²) in [7, 11) is 0. The Hall–Kier alpha value is -3.47. The van der Waals surface area contributed by atoms with Crippen LogP contribution in [-0.4, -0.2) is 20.2 Å². The van der Waals surface area contributed by atoms with Crippen molar-refractivity contribution in [1.29, 1.82) is 0 Å². The number of para-hydroxylation sites is 1. The van der Waals surface area contributed by atoms with Gasteiger partial charge in [0.2, 0.25) is 0 Å². The maximum atomic E-state index is 4.91. The van der Waals surface area contributed by atoms with E-state index in [-0.39, 0.29) is 0 Å². The highest BCUT2D eigenvalue weighted by Crippen LogP contribution is 2.33. The van der Waals surface area contributed by atoms with Gasteiger partial charge < -0.3 is 0 Å². The van der Waals surface area contributed by atoms with Gasteiger partial charge in [0.05, 0.1) is 5.69 Å². The van der Waals surface area contributed by atoms with Gasteiger partial charge in [-0.15, -0.1) is 0 Å². The van der Waals surface area contributed by atoms with Crippen LogP contribution in [0.1, 0.15) is 18.2 Å². The molecule has 5 heteroatoms. The summed E-state index contributed by atoms with van der Waals surface area (Å²) in [6.45, 7) is 4.20. The molecular formula is C22H21N5. The van der Waals surface area contributed by atoms with Gasteiger partial charge in [0.25, 0.3) is 0 Å². The monoisotopic (exact) mass is 355 g/mol. The average Bonchev–Trinajstić information content (AvgIpc) is 3.10. The SMILES string of the molecule is CCc1[nH]nc(-c2cccc(N(c3ccccc3)c3ccccn3)n2)c1C. The molecule has 0 spiro atoms. The molecule has 0 radical (unpaired) electrons. The molecule has 0 fully saturated rings. The van der Waals surface area contributed by atoms with E-state index < -0.39 is 0 Å². The third kappa shape index (κ3) is 3.31. The van der Waals surface area contributed by atoms with E-state index in [1.165, 1.54) is 0 Å². The summed E-state index contributed by atoms with van der Waals surface area (Å²) in [6.07, 6.45) is 2.71. The van der Waals surface area contributed by atoms with Crippen molar-refractivity contribution in [2.75, 3.05) is 4.90 Å². The van der Waals surface area contributed by atoms with Crippen LogP contribution in [0.5, 0.6) is 0 Å². The Morgan fingerprint density at radius 2 is 1.67 bits per heavy atom. The summed E-state index contributed by atoms with van der Waals surface area (Å²) in [6, 6.07) is 22.0. The Morgan fingerprint density at radius 3 is 2.37 bits per heavy atom. The summed E-state index contributed by atoms with van der Waals surface area (Å²) in [4.78, 5) is 11.5. The molecule has 134 valence electrons. The van der Waals surface area contributed by atoms with Crippen LogP contribution in [0.4, 0.5) is 17.3 Å². The molecule has 0 unspecified atom stereocenters. The Kier molecular flexibility index (Phi) is 4.66. The summed E-state index contributed by atoms with van der Waals surface area (Å²) in [5, 5.41) is 7.60. The molecule has 0 atom stereocenters. The minimum absolute atomic E-state index is 0.804. The lowest BCUT2D eigenvalue weighted by Gasteiger charge is -2.23. The average molecular weight is 355 g/mol. The molecule has 4 rings (SSSR count). The summed E-state index contributed by atoms with van der Waals surface area (Å²) >= 11 is 0. The molecule has 1 N–H and O–H groups in total. The topological polar surface area (TPSA) is 57.7 Å². The van der Waals surface area contributed by atoms with Crippen molar-refractivity contribution in [2.24, 2.45) is 0 Å². The first-order valence-corrected chi connectivity index (χ1v) is 9.05. The van der Waals surface area contributed by atoms with Crippen LogP contribution in [0.3, 0.4) is 0 Å². The molecule has 5 nitrogen and oxygen atoms in total. The minimum Gasteiger partial charge on any atom is -0.282 e. The first kappa shape index (κ1) is 17.0. The smallest absolute Gasteiger partial charge is 0.139 e. The summed E-state index contributed by atoms with van der Waals surface area (Å²) in [5.41, 5.74) is 5.03. The first-order chi connectivity index (χ1) is 13.3. The third-order valence-corrected chi connectivity index (χ3v) is 4.56. The molecule has 3 aromatic heterocycles. The number of aryl methyl sites for hydroxylation is 1. The number of nitrogens with zero attached hydrogens (tertiary/aromatic N) is 4. The van der Waals surface area contributed by atoms with E-state index in [1.54, 1.807) is 6.20 Å². The number of aromatic nitrogens is 4. The van der Waals surface area contributed by atoms with E-state index in [0.717, 1.165) is 46.4 Å². The highest BCUT2D eigenvalue weighted by atomic mass is 15.2. The fraction of sp³-hybridized carbons (Fsp3) is 0.136. The molecule has 0 aliphatic rings. The zero-order valence-corrected chi connectivity index (χ0v) is 15.4. The molecule has 0 aliphatic carbocycles. The predicted octanol–water partition coefficient (Wildman–Crippen LogP) is 5.21. The molecule has 0 saturated carbocycles. The fourth-order valence-corrected chi connectivity index (χ4v) is 3.15. The van der Waals surface area contributed by atoms with Gasteiger partial charge in [-0.05, 0) is 55.3 Å². The maximum absolute atomic E-state index is 4.91. The van der Waals surface area contributed by atoms with E-state index in [2.05, 4.69) is 41.2 Å². The highest BCUT2D eigenvalue weighted by molar-refractivity contribution is 5.73. The highest BCUT2D eigenvalue weighted by Gasteiger charge is 2.17. The molecule has 1 aromatic carbocycles. The number of nitrogens with one attached hydrogen (secondary N) is 1. The second kappa shape index (κ2) is 7.41. The second-order valence-corrected chi connectivity index (χ2v) is 6.27. The van der Waals surface area contributed by atoms with Crippen LogP contribution in [0.2, 0.25) is 0 Å². The van der Waals surface area contributed by atoms with Crippen LogP contribution >= 0.6 is 0 Å². The van der Waals surface area contributed by atoms with Gasteiger partial charge in [0.15, 0.2) is 0 Å². The third-order valence-electron chi connectivity index (χ3n) is 4.56. The van der Waals surface area contributed by atoms with Crippen molar-refractivity contribution in [2.45, 2.75) is 20.3 Å². The Morgan fingerprint density at radius 1 is 0.889 bits per heavy atom. The lowest BCUT2D eigenvalue weighted by Crippen LogP contribution is -2.13. The Balaban J connectivity index is 1.83. The van der Waals surface area contributed by atoms with Gasteiger partial charge in [0, 0.05) is 17.6 Å². The molecule has 0 saturated heterocycles. The largest absolute Gasteiger partial charge is 0.282 e. The number of anilines is 3. The van der Waals surface area contributed by atoms with Crippen LogP contribution < -0.4 is 4.90 Å². The zero-order valence-electron chi connectivity index (χ0n) is 15.4. The maximum Gasteiger partial charge on any atom is 0.139 e. The van der Waals surface area contributed by atoms with Gasteiger partial charge in [-0.3, -0.25) is 10.00 Å². The Labute approximate surface area is 158 Å². The van der Waals surface area contributed by atoms with Gasteiger partial charge in [-0.1, -0.05) is 37.3 Å². The lowest BCUT2D eigenvalue weighted by atomic mass is 10.1. The normalized spacial score (nSPS) is 10.7. The summed E-state index contributed by atoms with van der Waals surface area (Å²) in [5.74, 6) is 1.62. The number of rotatable bonds is 5. The van der Waals surface area contributed by atoms with Crippen molar-refractivity contribution in [1.82, 2.24) is 20.2 Å². The second-order valence-electron chi connectivity index (χ2n) is 6.27. The van der Waals surface area contributed by atoms with E-state index >= 15 is 0 Å². The molecule has 27 heavy (non-hydrogen) atoms. The van der Waals surface area contributed by atoms with Crippen LogP contribution in [0, 0.1) is 6.92 Å². The van der Waals surface area contributed by atoms with E-state index in [9.17, 15) is 0 Å². The van der Waals surface area contributed by atoms with Crippen LogP contribution in [0.15, 0.2) is 72.9 Å². The van der Waals surface area contributed by atoms with Crippen LogP contribution in [0.25, 0.3) is 11.4 Å². The fourth-order valence-electron chi connectivity index (χ4n) is 3.15. The van der Waals surface area contributed by atoms with Crippen molar-refractivity contribution in [3.63, 3.8) is 0 Å². The quantitative estimate of drug-likeness (QED) is 0.534. The van der Waals surface area contributed by atoms with Crippen molar-refractivity contribution in [3.8, 4) is 11.4 Å². The van der Waals surface area contributed by atoms with Crippen molar-refractivity contribution < 1.29 is 0 Å². The molecule has 4 aromatic rings. The van der Waals surface area contributed by atoms with E-state index in [0.29, 0.717) is 0 Å². The Bertz CT molecular complexity index is 986. The number of H-pyrrole nitrogens is 1. The van der Waals surface area contributed by atoms with Crippen LogP contribution in [-0.2, 0) is 6.42 Å². The lowest BCUT2D eigenvalue weighted by molar-refractivity contribution is 0.969. The molecule has 3 heterocycles. The molecule has 0 aliphatic heterocycles. The summed E-state index contributed by atoms with van der Waals surface area (Å²) < 4.78 is 0. The zero-order chi connectivity index (χ0) is 18.6. The van der Waals surface area contributed by atoms with Gasteiger partial charge >= 0.3 is 0 Å². The van der Waals surface area contributed by atoms with Crippen molar-refractivity contribution >= 4 is 17.3 Å². The molecule has 0 bridgehead atoms. The van der Waals surface area contributed by atoms with Gasteiger partial charge in [0.1, 0.15) is 17.3 Å². The van der Waals surface area contributed by atoms with E-state index in [1.807, 2.05) is 59.5 Å². The van der Waals surface area contributed by atoms with E-state index in [4.69, 9.17) is 4.98 Å².